The third-order valence-electron chi connectivity index (χ3n) is 2.67. The fraction of sp³-hybridized carbons (Fsp3) is 0.429. The van der Waals surface area contributed by atoms with Gasteiger partial charge >= 0.3 is 0 Å². The summed E-state index contributed by atoms with van der Waals surface area (Å²) in [6.07, 6.45) is 0. The van der Waals surface area contributed by atoms with Gasteiger partial charge in [-0.2, -0.15) is 0 Å². The second-order valence-corrected chi connectivity index (χ2v) is 5.90. The smallest absolute Gasteiger partial charge is 0.148 e. The molecular weight excluding hydrogens is 242 g/mol. The molecule has 0 saturated heterocycles. The van der Waals surface area contributed by atoms with Crippen LogP contribution in [0, 0.1) is 12.8 Å². The second kappa shape index (κ2) is 6.07. The van der Waals surface area contributed by atoms with Crippen LogP contribution in [-0.4, -0.2) is 16.7 Å². The third-order valence-corrected chi connectivity index (χ3v) is 3.63. The third kappa shape index (κ3) is 3.37. The van der Waals surface area contributed by atoms with Gasteiger partial charge in [0, 0.05) is 12.1 Å². The predicted octanol–water partition coefficient (Wildman–Crippen LogP) is 3.26. The fourth-order valence-corrected chi connectivity index (χ4v) is 2.61. The number of nitrogens with one attached hydrogen (secondary N) is 1. The number of benzene rings is 1. The molecule has 2 rings (SSSR count). The zero-order valence-electron chi connectivity index (χ0n) is 11.1. The van der Waals surface area contributed by atoms with Crippen molar-refractivity contribution in [1.29, 1.82) is 0 Å². The molecule has 0 amide bonds. The lowest BCUT2D eigenvalue weighted by molar-refractivity contribution is 0.550. The minimum absolute atomic E-state index is 0.661. The Bertz CT molecular complexity index is 505. The Balaban J connectivity index is 2.04. The lowest BCUT2D eigenvalue weighted by atomic mass is 10.1. The van der Waals surface area contributed by atoms with E-state index in [-0.39, 0.29) is 0 Å². The Labute approximate surface area is 112 Å². The van der Waals surface area contributed by atoms with Crippen LogP contribution in [0.2, 0.25) is 0 Å². The van der Waals surface area contributed by atoms with Crippen molar-refractivity contribution in [3.05, 3.63) is 34.8 Å². The zero-order chi connectivity index (χ0) is 13.0. The monoisotopic (exact) mass is 261 g/mol. The molecule has 0 unspecified atom stereocenters. The van der Waals surface area contributed by atoms with Crippen LogP contribution in [0.25, 0.3) is 10.6 Å². The Hall–Kier alpha value is -1.26. The van der Waals surface area contributed by atoms with E-state index >= 15 is 0 Å². The number of hydrogen-bond acceptors (Lipinski definition) is 4. The normalized spacial score (nSPS) is 11.1. The van der Waals surface area contributed by atoms with E-state index in [0.717, 1.165) is 23.1 Å². The van der Waals surface area contributed by atoms with E-state index in [1.807, 2.05) is 12.1 Å². The van der Waals surface area contributed by atoms with Crippen LogP contribution < -0.4 is 5.32 Å². The van der Waals surface area contributed by atoms with Crippen molar-refractivity contribution >= 4 is 11.3 Å². The maximum atomic E-state index is 4.27. The van der Waals surface area contributed by atoms with Crippen molar-refractivity contribution in [3.8, 4) is 10.6 Å². The van der Waals surface area contributed by atoms with Crippen molar-refractivity contribution in [2.24, 2.45) is 5.92 Å². The number of hydrogen-bond donors (Lipinski definition) is 1. The van der Waals surface area contributed by atoms with Crippen LogP contribution in [0.1, 0.15) is 24.4 Å². The quantitative estimate of drug-likeness (QED) is 0.897. The van der Waals surface area contributed by atoms with Gasteiger partial charge in [0.05, 0.1) is 0 Å². The van der Waals surface area contributed by atoms with Gasteiger partial charge in [-0.1, -0.05) is 49.4 Å². The molecule has 1 heterocycles. The summed E-state index contributed by atoms with van der Waals surface area (Å²) in [7, 11) is 0. The van der Waals surface area contributed by atoms with Gasteiger partial charge in [-0.25, -0.2) is 0 Å². The largest absolute Gasteiger partial charge is 0.310 e. The first-order valence-electron chi connectivity index (χ1n) is 6.26. The lowest BCUT2D eigenvalue weighted by Gasteiger charge is -2.04. The van der Waals surface area contributed by atoms with Crippen molar-refractivity contribution in [2.75, 3.05) is 6.54 Å². The average Bonchev–Trinajstić information content (AvgIpc) is 2.78. The molecule has 1 aromatic carbocycles. The maximum Gasteiger partial charge on any atom is 0.148 e. The highest BCUT2D eigenvalue weighted by Crippen LogP contribution is 2.26. The van der Waals surface area contributed by atoms with Gasteiger partial charge < -0.3 is 5.32 Å². The van der Waals surface area contributed by atoms with E-state index < -0.39 is 0 Å². The predicted molar refractivity (Wildman–Crippen MR) is 76.6 cm³/mol. The molecule has 1 aromatic heterocycles. The van der Waals surface area contributed by atoms with Crippen molar-refractivity contribution < 1.29 is 0 Å². The molecule has 0 aliphatic carbocycles. The van der Waals surface area contributed by atoms with Crippen molar-refractivity contribution in [3.63, 3.8) is 0 Å². The van der Waals surface area contributed by atoms with E-state index in [2.05, 4.69) is 48.4 Å². The van der Waals surface area contributed by atoms with E-state index in [4.69, 9.17) is 0 Å². The molecule has 0 saturated carbocycles. The van der Waals surface area contributed by atoms with Crippen LogP contribution in [0.5, 0.6) is 0 Å². The first kappa shape index (κ1) is 13.2. The number of aromatic nitrogens is 2. The number of rotatable bonds is 5. The molecular formula is C14H19N3S. The molecule has 0 fully saturated rings. The van der Waals surface area contributed by atoms with Gasteiger partial charge in [0.25, 0.3) is 0 Å². The van der Waals surface area contributed by atoms with Gasteiger partial charge in [-0.05, 0) is 24.9 Å². The Morgan fingerprint density at radius 3 is 2.72 bits per heavy atom. The van der Waals surface area contributed by atoms with Gasteiger partial charge in [-0.3, -0.25) is 0 Å². The molecule has 0 radical (unpaired) electrons. The summed E-state index contributed by atoms with van der Waals surface area (Å²) in [5.41, 5.74) is 2.43. The van der Waals surface area contributed by atoms with Crippen LogP contribution in [0.15, 0.2) is 24.3 Å². The molecule has 18 heavy (non-hydrogen) atoms. The molecule has 1 N–H and O–H groups in total. The van der Waals surface area contributed by atoms with E-state index in [0.29, 0.717) is 5.92 Å². The minimum atomic E-state index is 0.661. The molecule has 0 spiro atoms. The van der Waals surface area contributed by atoms with Crippen LogP contribution in [-0.2, 0) is 6.54 Å². The number of aryl methyl sites for hydroxylation is 1. The molecule has 2 aromatic rings. The van der Waals surface area contributed by atoms with Crippen molar-refractivity contribution in [2.45, 2.75) is 27.3 Å². The van der Waals surface area contributed by atoms with Gasteiger partial charge in [0.15, 0.2) is 0 Å². The van der Waals surface area contributed by atoms with Crippen LogP contribution >= 0.6 is 11.3 Å². The molecule has 0 aliphatic rings. The summed E-state index contributed by atoms with van der Waals surface area (Å²) < 4.78 is 0. The summed E-state index contributed by atoms with van der Waals surface area (Å²) in [5.74, 6) is 0.661. The first-order valence-corrected chi connectivity index (χ1v) is 7.07. The van der Waals surface area contributed by atoms with E-state index in [1.165, 1.54) is 11.1 Å². The highest BCUT2D eigenvalue weighted by Gasteiger charge is 2.08. The van der Waals surface area contributed by atoms with E-state index in [9.17, 15) is 0 Å². The van der Waals surface area contributed by atoms with E-state index in [1.54, 1.807) is 11.3 Å². The topological polar surface area (TPSA) is 37.8 Å². The number of nitrogens with zero attached hydrogens (tertiary/aromatic N) is 2. The summed E-state index contributed by atoms with van der Waals surface area (Å²) in [6, 6.07) is 8.29. The fourth-order valence-electron chi connectivity index (χ4n) is 1.71. The highest BCUT2D eigenvalue weighted by molar-refractivity contribution is 7.14. The van der Waals surface area contributed by atoms with Gasteiger partial charge in [-0.15, -0.1) is 10.2 Å². The zero-order valence-corrected chi connectivity index (χ0v) is 11.9. The summed E-state index contributed by atoms with van der Waals surface area (Å²) in [6.45, 7) is 8.33. The Morgan fingerprint density at radius 1 is 1.22 bits per heavy atom. The van der Waals surface area contributed by atoms with Crippen molar-refractivity contribution in [1.82, 2.24) is 15.5 Å². The summed E-state index contributed by atoms with van der Waals surface area (Å²) in [4.78, 5) is 0. The lowest BCUT2D eigenvalue weighted by Crippen LogP contribution is -2.18. The first-order chi connectivity index (χ1) is 8.66. The molecule has 0 bridgehead atoms. The molecule has 4 heteroatoms. The van der Waals surface area contributed by atoms with Gasteiger partial charge in [0.1, 0.15) is 10.0 Å². The summed E-state index contributed by atoms with van der Waals surface area (Å²) >= 11 is 1.67. The maximum absolute atomic E-state index is 4.27. The van der Waals surface area contributed by atoms with Gasteiger partial charge in [0.2, 0.25) is 0 Å². The minimum Gasteiger partial charge on any atom is -0.310 e. The molecule has 96 valence electrons. The summed E-state index contributed by atoms with van der Waals surface area (Å²) in [5, 5.41) is 14.0. The highest BCUT2D eigenvalue weighted by atomic mass is 32.1. The average molecular weight is 261 g/mol. The molecule has 3 nitrogen and oxygen atoms in total. The Morgan fingerprint density at radius 2 is 2.00 bits per heavy atom. The molecule has 0 atom stereocenters. The Kier molecular flexibility index (Phi) is 4.44. The second-order valence-electron chi connectivity index (χ2n) is 4.84. The standard InChI is InChI=1S/C14H19N3S/c1-10(2)8-15-9-13-16-17-14(18-13)12-7-5-4-6-11(12)3/h4-7,10,15H,8-9H2,1-3H3. The SMILES string of the molecule is Cc1ccccc1-c1nnc(CNCC(C)C)s1. The van der Waals surface area contributed by atoms with Crippen LogP contribution in [0.3, 0.4) is 0 Å². The molecule has 0 aliphatic heterocycles. The van der Waals surface area contributed by atoms with Crippen LogP contribution in [0.4, 0.5) is 0 Å².